The molecule has 1 fully saturated rings. The lowest BCUT2D eigenvalue weighted by Crippen LogP contribution is -2.29. The van der Waals surface area contributed by atoms with Crippen molar-refractivity contribution in [3.05, 3.63) is 0 Å². The third-order valence-electron chi connectivity index (χ3n) is 2.96. The molecule has 5 nitrogen and oxygen atoms in total. The molecule has 1 aromatic rings. The van der Waals surface area contributed by atoms with E-state index in [1.54, 1.807) is 0 Å². The largest absolute Gasteiger partial charge is 0.382 e. The summed E-state index contributed by atoms with van der Waals surface area (Å²) in [6, 6.07) is 0. The first-order valence-electron chi connectivity index (χ1n) is 6.33. The second-order valence-electron chi connectivity index (χ2n) is 6.36. The van der Waals surface area contributed by atoms with Gasteiger partial charge in [-0.3, -0.25) is 0 Å². The molecule has 0 amide bonds. The maximum atomic E-state index is 12.4. The van der Waals surface area contributed by atoms with Crippen LogP contribution in [0.1, 0.15) is 33.6 Å². The first-order chi connectivity index (χ1) is 8.63. The van der Waals surface area contributed by atoms with Crippen LogP contribution in [0.25, 0.3) is 0 Å². The smallest absolute Gasteiger partial charge is 0.187 e. The summed E-state index contributed by atoms with van der Waals surface area (Å²) >= 11 is 1.17. The molecule has 0 unspecified atom stereocenters. The Morgan fingerprint density at radius 2 is 2.00 bits per heavy atom. The third-order valence-corrected chi connectivity index (χ3v) is 6.39. The first kappa shape index (κ1) is 14.6. The van der Waals surface area contributed by atoms with Gasteiger partial charge in [0.05, 0.1) is 5.25 Å². The maximum absolute atomic E-state index is 12.4. The molecule has 0 radical (unpaired) electrons. The van der Waals surface area contributed by atoms with Crippen molar-refractivity contribution in [3.8, 4) is 0 Å². The van der Waals surface area contributed by atoms with E-state index in [0.29, 0.717) is 5.00 Å². The predicted molar refractivity (Wildman–Crippen MR) is 79.5 cm³/mol. The molecule has 0 spiro atoms. The molecule has 0 aliphatic heterocycles. The minimum atomic E-state index is -3.30. The van der Waals surface area contributed by atoms with E-state index in [0.717, 1.165) is 19.4 Å². The van der Waals surface area contributed by atoms with Crippen LogP contribution in [0.5, 0.6) is 0 Å². The molecule has 0 aromatic carbocycles. The topological polar surface area (TPSA) is 76.3 Å². The SMILES string of the molecule is CN(CC(C)(C)C)c1snc(N)c1S(=O)(=O)C1CC1. The summed E-state index contributed by atoms with van der Waals surface area (Å²) in [5, 5.41) is 0.410. The summed E-state index contributed by atoms with van der Waals surface area (Å²) in [4.78, 5) is 2.19. The van der Waals surface area contributed by atoms with Crippen LogP contribution in [0, 0.1) is 5.41 Å². The highest BCUT2D eigenvalue weighted by Crippen LogP contribution is 2.42. The normalized spacial score (nSPS) is 16.6. The van der Waals surface area contributed by atoms with Gasteiger partial charge in [0.15, 0.2) is 15.7 Å². The van der Waals surface area contributed by atoms with Gasteiger partial charge in [-0.25, -0.2) is 8.42 Å². The summed E-state index contributed by atoms with van der Waals surface area (Å²) in [6.07, 6.45) is 1.47. The maximum Gasteiger partial charge on any atom is 0.187 e. The molecule has 1 aliphatic carbocycles. The van der Waals surface area contributed by atoms with E-state index in [1.165, 1.54) is 11.5 Å². The van der Waals surface area contributed by atoms with Crippen LogP contribution >= 0.6 is 11.5 Å². The molecule has 108 valence electrons. The Bertz CT molecular complexity index is 568. The van der Waals surface area contributed by atoms with Crippen molar-refractivity contribution in [1.29, 1.82) is 0 Å². The number of anilines is 2. The average molecular weight is 303 g/mol. The summed E-state index contributed by atoms with van der Waals surface area (Å²) in [5.74, 6) is 0.146. The Morgan fingerprint density at radius 3 is 2.47 bits per heavy atom. The zero-order valence-electron chi connectivity index (χ0n) is 11.8. The van der Waals surface area contributed by atoms with Crippen LogP contribution in [-0.2, 0) is 9.84 Å². The van der Waals surface area contributed by atoms with Crippen LogP contribution in [0.2, 0.25) is 0 Å². The number of nitrogens with two attached hydrogens (primary N) is 1. The second-order valence-corrected chi connectivity index (χ2v) is 9.28. The molecule has 7 heteroatoms. The minimum absolute atomic E-state index is 0.0775. The molecule has 1 saturated carbocycles. The Morgan fingerprint density at radius 1 is 1.42 bits per heavy atom. The number of aromatic nitrogens is 1. The number of nitrogen functional groups attached to an aromatic ring is 1. The van der Waals surface area contributed by atoms with Crippen molar-refractivity contribution in [1.82, 2.24) is 4.37 Å². The van der Waals surface area contributed by atoms with Crippen LogP contribution in [0.4, 0.5) is 10.8 Å². The molecule has 1 heterocycles. The molecule has 1 aliphatic rings. The Balaban J connectivity index is 2.38. The highest BCUT2D eigenvalue weighted by molar-refractivity contribution is 7.92. The lowest BCUT2D eigenvalue weighted by molar-refractivity contribution is 0.419. The fourth-order valence-electron chi connectivity index (χ4n) is 2.12. The predicted octanol–water partition coefficient (Wildman–Crippen LogP) is 2.14. The monoisotopic (exact) mass is 303 g/mol. The van der Waals surface area contributed by atoms with E-state index in [1.807, 2.05) is 11.9 Å². The lowest BCUT2D eigenvalue weighted by atomic mass is 9.96. The van der Waals surface area contributed by atoms with E-state index in [9.17, 15) is 8.42 Å². The van der Waals surface area contributed by atoms with Crippen LogP contribution in [0.3, 0.4) is 0 Å². The van der Waals surface area contributed by atoms with Crippen molar-refractivity contribution >= 4 is 32.2 Å². The van der Waals surface area contributed by atoms with E-state index in [-0.39, 0.29) is 21.4 Å². The highest BCUT2D eigenvalue weighted by atomic mass is 32.2. The van der Waals surface area contributed by atoms with Gasteiger partial charge in [0, 0.05) is 13.6 Å². The van der Waals surface area contributed by atoms with Crippen molar-refractivity contribution < 1.29 is 8.42 Å². The molecule has 0 atom stereocenters. The van der Waals surface area contributed by atoms with Gasteiger partial charge >= 0.3 is 0 Å². The average Bonchev–Trinajstić information content (AvgIpc) is 2.99. The molecule has 19 heavy (non-hydrogen) atoms. The zero-order valence-corrected chi connectivity index (χ0v) is 13.4. The number of hydrogen-bond acceptors (Lipinski definition) is 6. The first-order valence-corrected chi connectivity index (χ1v) is 8.65. The highest BCUT2D eigenvalue weighted by Gasteiger charge is 2.41. The van der Waals surface area contributed by atoms with Crippen LogP contribution in [-0.4, -0.2) is 31.6 Å². The molecule has 1 aromatic heterocycles. The van der Waals surface area contributed by atoms with Crippen LogP contribution < -0.4 is 10.6 Å². The van der Waals surface area contributed by atoms with Crippen LogP contribution in [0.15, 0.2) is 4.90 Å². The zero-order chi connectivity index (χ0) is 14.4. The minimum Gasteiger partial charge on any atom is -0.382 e. The van der Waals surface area contributed by atoms with Gasteiger partial charge in [-0.05, 0) is 29.8 Å². The van der Waals surface area contributed by atoms with E-state index < -0.39 is 9.84 Å². The van der Waals surface area contributed by atoms with E-state index >= 15 is 0 Å². The summed E-state index contributed by atoms with van der Waals surface area (Å²) in [5.41, 5.74) is 5.87. The van der Waals surface area contributed by atoms with Gasteiger partial charge in [-0.15, -0.1) is 0 Å². The van der Waals surface area contributed by atoms with Gasteiger partial charge in [0.25, 0.3) is 0 Å². The van der Waals surface area contributed by atoms with Crippen molar-refractivity contribution in [2.24, 2.45) is 5.41 Å². The standard InChI is InChI=1S/C12H21N3O2S2/c1-12(2,3)7-15(4)11-9(10(13)14-18-11)19(16,17)8-5-6-8/h8H,5-7H2,1-4H3,(H2,13,14). The third kappa shape index (κ3) is 3.02. The van der Waals surface area contributed by atoms with Crippen molar-refractivity contribution in [2.45, 2.75) is 43.8 Å². The number of sulfone groups is 1. The van der Waals surface area contributed by atoms with Gasteiger partial charge < -0.3 is 10.6 Å². The quantitative estimate of drug-likeness (QED) is 0.922. The molecule has 2 N–H and O–H groups in total. The molecular weight excluding hydrogens is 282 g/mol. The van der Waals surface area contributed by atoms with Crippen molar-refractivity contribution in [3.63, 3.8) is 0 Å². The summed E-state index contributed by atoms with van der Waals surface area (Å²) < 4.78 is 28.9. The fourth-order valence-corrected chi connectivity index (χ4v) is 5.14. The number of nitrogens with zero attached hydrogens (tertiary/aromatic N) is 2. The summed E-state index contributed by atoms with van der Waals surface area (Å²) in [6.45, 7) is 7.09. The Kier molecular flexibility index (Phi) is 3.55. The van der Waals surface area contributed by atoms with E-state index in [2.05, 4.69) is 25.1 Å². The molecule has 2 rings (SSSR count). The van der Waals surface area contributed by atoms with Gasteiger partial charge in [0.2, 0.25) is 0 Å². The van der Waals surface area contributed by atoms with Crippen molar-refractivity contribution in [2.75, 3.05) is 24.2 Å². The molecule has 0 saturated heterocycles. The van der Waals surface area contributed by atoms with Gasteiger partial charge in [-0.1, -0.05) is 20.8 Å². The number of rotatable bonds is 4. The molecular formula is C12H21N3O2S2. The number of hydrogen-bond donors (Lipinski definition) is 1. The Labute approximate surface area is 118 Å². The summed E-state index contributed by atoms with van der Waals surface area (Å²) in [7, 11) is -1.41. The van der Waals surface area contributed by atoms with Gasteiger partial charge in [0.1, 0.15) is 9.90 Å². The van der Waals surface area contributed by atoms with Gasteiger partial charge in [-0.2, -0.15) is 4.37 Å². The van der Waals surface area contributed by atoms with E-state index in [4.69, 9.17) is 5.73 Å². The Hall–Kier alpha value is -0.820. The fraction of sp³-hybridized carbons (Fsp3) is 0.750. The molecule has 0 bridgehead atoms. The lowest BCUT2D eigenvalue weighted by Gasteiger charge is -2.27. The second kappa shape index (κ2) is 4.63.